The van der Waals surface area contributed by atoms with Crippen molar-refractivity contribution < 1.29 is 4.79 Å². The largest absolute Gasteiger partial charge is 0.355 e. The van der Waals surface area contributed by atoms with Gasteiger partial charge in [-0.2, -0.15) is 0 Å². The second kappa shape index (κ2) is 6.28. The third-order valence-electron chi connectivity index (χ3n) is 2.15. The monoisotopic (exact) mass is 330 g/mol. The van der Waals surface area contributed by atoms with E-state index in [2.05, 4.69) is 26.2 Å². The molecule has 0 aromatic carbocycles. The molecule has 0 aliphatic carbocycles. The van der Waals surface area contributed by atoms with Crippen molar-refractivity contribution in [3.05, 3.63) is 37.4 Å². The van der Waals surface area contributed by atoms with Gasteiger partial charge in [-0.15, -0.1) is 22.7 Å². The van der Waals surface area contributed by atoms with Crippen LogP contribution in [0.2, 0.25) is 0 Å². The first-order chi connectivity index (χ1) is 8.24. The van der Waals surface area contributed by atoms with Gasteiger partial charge in [-0.3, -0.25) is 4.79 Å². The lowest BCUT2D eigenvalue weighted by Crippen LogP contribution is -2.26. The van der Waals surface area contributed by atoms with Gasteiger partial charge in [0.1, 0.15) is 0 Å². The smallest absolute Gasteiger partial charge is 0.225 e. The molecule has 0 bridgehead atoms. The Labute approximate surface area is 116 Å². The van der Waals surface area contributed by atoms with Gasteiger partial charge in [-0.1, -0.05) is 0 Å². The zero-order valence-electron chi connectivity index (χ0n) is 8.98. The maximum atomic E-state index is 11.6. The lowest BCUT2D eigenvalue weighted by atomic mass is 10.3. The van der Waals surface area contributed by atoms with E-state index in [9.17, 15) is 4.79 Å². The van der Waals surface area contributed by atoms with E-state index >= 15 is 0 Å². The van der Waals surface area contributed by atoms with Crippen molar-refractivity contribution in [2.75, 3.05) is 6.54 Å². The van der Waals surface area contributed by atoms with Gasteiger partial charge in [0.25, 0.3) is 0 Å². The van der Waals surface area contributed by atoms with Crippen LogP contribution < -0.4 is 5.32 Å². The topological polar surface area (TPSA) is 42.0 Å². The fourth-order valence-corrected chi connectivity index (χ4v) is 3.43. The van der Waals surface area contributed by atoms with Gasteiger partial charge < -0.3 is 5.32 Å². The number of hydrogen-bond donors (Lipinski definition) is 1. The summed E-state index contributed by atoms with van der Waals surface area (Å²) < 4.78 is 1.06. The molecule has 0 unspecified atom stereocenters. The summed E-state index contributed by atoms with van der Waals surface area (Å²) in [5.41, 5.74) is 2.84. The summed E-state index contributed by atoms with van der Waals surface area (Å²) in [6.07, 6.45) is 1.25. The number of carbonyl (C=O) groups is 1. The van der Waals surface area contributed by atoms with E-state index in [0.29, 0.717) is 13.0 Å². The Morgan fingerprint density at radius 3 is 3.00 bits per heavy atom. The predicted molar refractivity (Wildman–Crippen MR) is 74.6 cm³/mol. The van der Waals surface area contributed by atoms with E-state index in [1.807, 2.05) is 17.5 Å². The summed E-state index contributed by atoms with van der Waals surface area (Å²) in [4.78, 5) is 16.8. The average Bonchev–Trinajstić information content (AvgIpc) is 2.90. The highest BCUT2D eigenvalue weighted by Gasteiger charge is 2.05. The number of nitrogens with zero attached hydrogens (tertiary/aromatic N) is 1. The van der Waals surface area contributed by atoms with Crippen LogP contribution in [0.5, 0.6) is 0 Å². The van der Waals surface area contributed by atoms with E-state index in [1.54, 1.807) is 28.2 Å². The molecule has 2 rings (SSSR count). The molecular weight excluding hydrogens is 320 g/mol. The van der Waals surface area contributed by atoms with Crippen LogP contribution >= 0.6 is 38.6 Å². The van der Waals surface area contributed by atoms with Crippen LogP contribution in [0.15, 0.2) is 26.8 Å². The fourth-order valence-electron chi connectivity index (χ4n) is 1.36. The molecule has 3 nitrogen and oxygen atoms in total. The highest BCUT2D eigenvalue weighted by atomic mass is 79.9. The van der Waals surface area contributed by atoms with Crippen LogP contribution in [0, 0.1) is 0 Å². The molecule has 0 saturated carbocycles. The zero-order chi connectivity index (χ0) is 12.1. The first kappa shape index (κ1) is 12.7. The minimum atomic E-state index is 0.0644. The second-order valence-corrected chi connectivity index (χ2v) is 6.73. The Hall–Kier alpha value is -0.720. The fraction of sp³-hybridized carbons (Fsp3) is 0.273. The molecule has 0 radical (unpaired) electrons. The molecule has 1 N–H and O–H groups in total. The molecule has 0 spiro atoms. The minimum absolute atomic E-state index is 0.0644. The number of nitrogens with one attached hydrogen (secondary N) is 1. The van der Waals surface area contributed by atoms with Crippen LogP contribution in [-0.2, 0) is 17.6 Å². The molecule has 2 aromatic heterocycles. The van der Waals surface area contributed by atoms with Gasteiger partial charge in [-0.05, 0) is 28.1 Å². The molecule has 2 heterocycles. The molecule has 90 valence electrons. The van der Waals surface area contributed by atoms with Crippen molar-refractivity contribution in [2.45, 2.75) is 12.8 Å². The SMILES string of the molecule is O=C(Cc1ccc(Br)s1)NCCc1cscn1. The van der Waals surface area contributed by atoms with Gasteiger partial charge in [-0.25, -0.2) is 4.98 Å². The molecule has 0 fully saturated rings. The van der Waals surface area contributed by atoms with Crippen LogP contribution in [0.3, 0.4) is 0 Å². The summed E-state index contributed by atoms with van der Waals surface area (Å²) in [6.45, 7) is 0.648. The Bertz CT molecular complexity index is 481. The number of halogens is 1. The van der Waals surface area contributed by atoms with Crippen molar-refractivity contribution in [1.82, 2.24) is 10.3 Å². The normalized spacial score (nSPS) is 10.4. The lowest BCUT2D eigenvalue weighted by molar-refractivity contribution is -0.120. The maximum absolute atomic E-state index is 11.6. The number of amides is 1. The van der Waals surface area contributed by atoms with Crippen LogP contribution in [0.4, 0.5) is 0 Å². The molecule has 0 aliphatic rings. The van der Waals surface area contributed by atoms with E-state index < -0.39 is 0 Å². The standard InChI is InChI=1S/C11H11BrN2OS2/c12-10-2-1-9(17-10)5-11(15)13-4-3-8-6-16-7-14-8/h1-2,6-7H,3-5H2,(H,13,15). The first-order valence-electron chi connectivity index (χ1n) is 5.12. The molecule has 0 aliphatic heterocycles. The van der Waals surface area contributed by atoms with Crippen LogP contribution in [0.25, 0.3) is 0 Å². The van der Waals surface area contributed by atoms with Crippen LogP contribution in [-0.4, -0.2) is 17.4 Å². The number of aromatic nitrogens is 1. The number of rotatable bonds is 5. The molecule has 6 heteroatoms. The summed E-state index contributed by atoms with van der Waals surface area (Å²) >= 11 is 6.55. The second-order valence-electron chi connectivity index (χ2n) is 3.46. The minimum Gasteiger partial charge on any atom is -0.355 e. The van der Waals surface area contributed by atoms with Gasteiger partial charge in [0.15, 0.2) is 0 Å². The third kappa shape index (κ3) is 4.22. The van der Waals surface area contributed by atoms with Crippen molar-refractivity contribution in [1.29, 1.82) is 0 Å². The Balaban J connectivity index is 1.71. The number of thiophene rings is 1. The van der Waals surface area contributed by atoms with E-state index in [0.717, 1.165) is 20.8 Å². The Kier molecular flexibility index (Phi) is 4.70. The highest BCUT2D eigenvalue weighted by Crippen LogP contribution is 2.22. The van der Waals surface area contributed by atoms with Gasteiger partial charge in [0.05, 0.1) is 21.4 Å². The van der Waals surface area contributed by atoms with E-state index in [-0.39, 0.29) is 5.91 Å². The number of thiazole rings is 1. The molecule has 2 aromatic rings. The average molecular weight is 331 g/mol. The van der Waals surface area contributed by atoms with Crippen molar-refractivity contribution in [3.63, 3.8) is 0 Å². The van der Waals surface area contributed by atoms with Crippen molar-refractivity contribution in [3.8, 4) is 0 Å². The lowest BCUT2D eigenvalue weighted by Gasteiger charge is -2.02. The van der Waals surface area contributed by atoms with Crippen molar-refractivity contribution in [2.24, 2.45) is 0 Å². The summed E-state index contributed by atoms with van der Waals surface area (Å²) in [6, 6.07) is 3.93. The van der Waals surface area contributed by atoms with Crippen LogP contribution in [0.1, 0.15) is 10.6 Å². The number of carbonyl (C=O) groups excluding carboxylic acids is 1. The van der Waals surface area contributed by atoms with E-state index in [4.69, 9.17) is 0 Å². The van der Waals surface area contributed by atoms with Gasteiger partial charge in [0.2, 0.25) is 5.91 Å². The Morgan fingerprint density at radius 1 is 1.47 bits per heavy atom. The molecule has 0 saturated heterocycles. The third-order valence-corrected chi connectivity index (χ3v) is 4.41. The van der Waals surface area contributed by atoms with Gasteiger partial charge >= 0.3 is 0 Å². The zero-order valence-corrected chi connectivity index (χ0v) is 12.2. The summed E-state index contributed by atoms with van der Waals surface area (Å²) in [5.74, 6) is 0.0644. The number of hydrogen-bond acceptors (Lipinski definition) is 4. The molecule has 17 heavy (non-hydrogen) atoms. The van der Waals surface area contributed by atoms with Crippen molar-refractivity contribution >= 4 is 44.5 Å². The Morgan fingerprint density at radius 2 is 2.35 bits per heavy atom. The quantitative estimate of drug-likeness (QED) is 0.915. The first-order valence-corrected chi connectivity index (χ1v) is 7.67. The summed E-state index contributed by atoms with van der Waals surface area (Å²) in [5, 5.41) is 4.90. The molecule has 1 amide bonds. The molecular formula is C11H11BrN2OS2. The van der Waals surface area contributed by atoms with E-state index in [1.165, 1.54) is 0 Å². The maximum Gasteiger partial charge on any atom is 0.225 e. The summed E-state index contributed by atoms with van der Waals surface area (Å²) in [7, 11) is 0. The predicted octanol–water partition coefficient (Wildman–Crippen LogP) is 2.87. The highest BCUT2D eigenvalue weighted by molar-refractivity contribution is 9.11. The molecule has 0 atom stereocenters. The van der Waals surface area contributed by atoms with Gasteiger partial charge in [0, 0.05) is 23.2 Å².